The van der Waals surface area contributed by atoms with Crippen LogP contribution in [0.15, 0.2) is 41.4 Å². The van der Waals surface area contributed by atoms with Crippen LogP contribution in [0, 0.1) is 11.3 Å². The number of benzene rings is 1. The van der Waals surface area contributed by atoms with E-state index in [0.29, 0.717) is 22.0 Å². The van der Waals surface area contributed by atoms with Crippen LogP contribution in [0.5, 0.6) is 5.75 Å². The van der Waals surface area contributed by atoms with E-state index in [1.165, 1.54) is 16.7 Å². The number of hydrogen-bond donors (Lipinski definition) is 0. The van der Waals surface area contributed by atoms with Crippen LogP contribution in [0.3, 0.4) is 0 Å². The summed E-state index contributed by atoms with van der Waals surface area (Å²) in [6.07, 6.45) is 0.0774. The van der Waals surface area contributed by atoms with Crippen molar-refractivity contribution in [3.8, 4) is 11.8 Å². The van der Waals surface area contributed by atoms with Gasteiger partial charge in [0.2, 0.25) is 11.8 Å². The zero-order chi connectivity index (χ0) is 19.6. The quantitative estimate of drug-likeness (QED) is 0.737. The van der Waals surface area contributed by atoms with E-state index in [9.17, 15) is 14.9 Å². The fourth-order valence-corrected chi connectivity index (χ4v) is 3.89. The van der Waals surface area contributed by atoms with E-state index in [0.717, 1.165) is 5.69 Å². The van der Waals surface area contributed by atoms with Gasteiger partial charge in [-0.05, 0) is 42.3 Å². The molecule has 1 unspecified atom stereocenters. The van der Waals surface area contributed by atoms with Gasteiger partial charge >= 0.3 is 0 Å². The molecule has 1 saturated heterocycles. The highest BCUT2D eigenvalue weighted by molar-refractivity contribution is 8.00. The van der Waals surface area contributed by atoms with Gasteiger partial charge in [0, 0.05) is 12.1 Å². The van der Waals surface area contributed by atoms with Crippen LogP contribution in [-0.2, 0) is 9.59 Å². The Kier molecular flexibility index (Phi) is 5.47. The van der Waals surface area contributed by atoms with Gasteiger partial charge in [0.25, 0.3) is 0 Å². The number of aromatic nitrogens is 1. The monoisotopic (exact) mass is 381 g/mol. The Morgan fingerprint density at radius 1 is 1.22 bits per heavy atom. The Bertz CT molecular complexity index is 919. The molecule has 1 aromatic carbocycles. The molecule has 27 heavy (non-hydrogen) atoms. The molecule has 2 amide bonds. The summed E-state index contributed by atoms with van der Waals surface area (Å²) in [5.74, 6) is 0.294. The normalized spacial score (nSPS) is 16.7. The molecule has 2 heterocycles. The number of amides is 2. The highest BCUT2D eigenvalue weighted by Crippen LogP contribution is 2.35. The van der Waals surface area contributed by atoms with E-state index in [2.05, 4.69) is 11.1 Å². The lowest BCUT2D eigenvalue weighted by molar-refractivity contribution is -0.121. The van der Waals surface area contributed by atoms with Gasteiger partial charge in [0.15, 0.2) is 0 Å². The first-order chi connectivity index (χ1) is 12.9. The lowest BCUT2D eigenvalue weighted by atomic mass is 10.1. The molecule has 7 heteroatoms. The maximum absolute atomic E-state index is 12.8. The van der Waals surface area contributed by atoms with E-state index >= 15 is 0 Å². The zero-order valence-electron chi connectivity index (χ0n) is 15.3. The third-order valence-corrected chi connectivity index (χ3v) is 5.47. The predicted octanol–water partition coefficient (Wildman–Crippen LogP) is 3.51. The maximum Gasteiger partial charge on any atom is 0.247 e. The number of carbonyl (C=O) groups is 2. The first kappa shape index (κ1) is 18.9. The van der Waals surface area contributed by atoms with E-state index < -0.39 is 5.25 Å². The SMILES string of the molecule is COc1ccc(N2C(=O)CC(Sc3nc(C(C)C)ccc3C#N)C2=O)cc1. The van der Waals surface area contributed by atoms with Crippen LogP contribution in [0.1, 0.15) is 37.4 Å². The molecule has 1 aliphatic rings. The van der Waals surface area contributed by atoms with Gasteiger partial charge < -0.3 is 4.74 Å². The Balaban J connectivity index is 1.85. The highest BCUT2D eigenvalue weighted by atomic mass is 32.2. The summed E-state index contributed by atoms with van der Waals surface area (Å²) in [5, 5.41) is 9.24. The van der Waals surface area contributed by atoms with Crippen LogP contribution in [0.2, 0.25) is 0 Å². The molecule has 1 atom stereocenters. The van der Waals surface area contributed by atoms with E-state index in [4.69, 9.17) is 4.74 Å². The van der Waals surface area contributed by atoms with Crippen molar-refractivity contribution < 1.29 is 14.3 Å². The van der Waals surface area contributed by atoms with Crippen LogP contribution in [-0.4, -0.2) is 29.2 Å². The standard InChI is InChI=1S/C20H19N3O3S/c1-12(2)16-9-4-13(11-21)19(22-16)27-17-10-18(24)23(20(17)25)14-5-7-15(26-3)8-6-14/h4-9,12,17H,10H2,1-3H3. The average Bonchev–Trinajstić information content (AvgIpc) is 2.95. The number of carbonyl (C=O) groups excluding carboxylic acids is 2. The Labute approximate surface area is 162 Å². The van der Waals surface area contributed by atoms with Crippen molar-refractivity contribution in [1.29, 1.82) is 5.26 Å². The number of pyridine rings is 1. The summed E-state index contributed by atoms with van der Waals surface area (Å²) >= 11 is 1.18. The molecule has 138 valence electrons. The van der Waals surface area contributed by atoms with Crippen molar-refractivity contribution in [2.75, 3.05) is 12.0 Å². The summed E-state index contributed by atoms with van der Waals surface area (Å²) in [4.78, 5) is 31.0. The van der Waals surface area contributed by atoms with Gasteiger partial charge in [-0.15, -0.1) is 0 Å². The molecule has 1 fully saturated rings. The largest absolute Gasteiger partial charge is 0.497 e. The van der Waals surface area contributed by atoms with Crippen LogP contribution in [0.4, 0.5) is 5.69 Å². The molecule has 0 spiro atoms. The Morgan fingerprint density at radius 2 is 1.93 bits per heavy atom. The third kappa shape index (κ3) is 3.81. The summed E-state index contributed by atoms with van der Waals surface area (Å²) in [6.45, 7) is 4.02. The zero-order valence-corrected chi connectivity index (χ0v) is 16.1. The van der Waals surface area contributed by atoms with Crippen LogP contribution >= 0.6 is 11.8 Å². The Hall–Kier alpha value is -2.85. The number of methoxy groups -OCH3 is 1. The number of imide groups is 1. The molecular weight excluding hydrogens is 362 g/mol. The fraction of sp³-hybridized carbons (Fsp3) is 0.300. The molecule has 0 N–H and O–H groups in total. The number of thioether (sulfide) groups is 1. The number of hydrogen-bond acceptors (Lipinski definition) is 6. The maximum atomic E-state index is 12.8. The molecule has 1 aromatic heterocycles. The van der Waals surface area contributed by atoms with Crippen molar-refractivity contribution in [2.24, 2.45) is 0 Å². The van der Waals surface area contributed by atoms with Gasteiger partial charge in [-0.2, -0.15) is 5.26 Å². The summed E-state index contributed by atoms with van der Waals surface area (Å²) in [5.41, 5.74) is 1.77. The molecular formula is C20H19N3O3S. The summed E-state index contributed by atoms with van der Waals surface area (Å²) in [7, 11) is 1.55. The molecule has 1 aliphatic heterocycles. The van der Waals surface area contributed by atoms with Gasteiger partial charge in [-0.25, -0.2) is 9.88 Å². The Morgan fingerprint density at radius 3 is 2.52 bits per heavy atom. The van der Waals surface area contributed by atoms with E-state index in [-0.39, 0.29) is 24.2 Å². The predicted molar refractivity (Wildman–Crippen MR) is 103 cm³/mol. The summed E-state index contributed by atoms with van der Waals surface area (Å²) < 4.78 is 5.11. The number of nitriles is 1. The number of rotatable bonds is 5. The molecule has 6 nitrogen and oxygen atoms in total. The summed E-state index contributed by atoms with van der Waals surface area (Å²) in [6, 6.07) is 12.4. The van der Waals surface area contributed by atoms with Gasteiger partial charge in [-0.3, -0.25) is 9.59 Å². The smallest absolute Gasteiger partial charge is 0.247 e. The first-order valence-corrected chi connectivity index (χ1v) is 9.41. The average molecular weight is 381 g/mol. The number of anilines is 1. The van der Waals surface area contributed by atoms with Crippen molar-refractivity contribution in [3.63, 3.8) is 0 Å². The first-order valence-electron chi connectivity index (χ1n) is 8.53. The lowest BCUT2D eigenvalue weighted by Gasteiger charge is -2.15. The molecule has 2 aromatic rings. The highest BCUT2D eigenvalue weighted by Gasteiger charge is 2.40. The number of ether oxygens (including phenoxy) is 1. The second kappa shape index (κ2) is 7.80. The second-order valence-electron chi connectivity index (χ2n) is 6.43. The molecule has 0 bridgehead atoms. The van der Waals surface area contributed by atoms with E-state index in [1.54, 1.807) is 37.4 Å². The van der Waals surface area contributed by atoms with Crippen LogP contribution < -0.4 is 9.64 Å². The van der Waals surface area contributed by atoms with Crippen LogP contribution in [0.25, 0.3) is 0 Å². The van der Waals surface area contributed by atoms with Crippen molar-refractivity contribution >= 4 is 29.3 Å². The minimum atomic E-state index is -0.596. The van der Waals surface area contributed by atoms with Crippen molar-refractivity contribution in [2.45, 2.75) is 36.5 Å². The molecule has 0 aliphatic carbocycles. The minimum Gasteiger partial charge on any atom is -0.497 e. The fourth-order valence-electron chi connectivity index (χ4n) is 2.78. The van der Waals surface area contributed by atoms with Crippen molar-refractivity contribution in [3.05, 3.63) is 47.7 Å². The molecule has 3 rings (SSSR count). The molecule has 0 radical (unpaired) electrons. The lowest BCUT2D eigenvalue weighted by Crippen LogP contribution is -2.31. The number of nitrogens with zero attached hydrogens (tertiary/aromatic N) is 3. The second-order valence-corrected chi connectivity index (χ2v) is 7.62. The van der Waals surface area contributed by atoms with E-state index in [1.807, 2.05) is 19.9 Å². The molecule has 0 saturated carbocycles. The third-order valence-electron chi connectivity index (χ3n) is 4.28. The van der Waals surface area contributed by atoms with Gasteiger partial charge in [0.05, 0.1) is 23.6 Å². The topological polar surface area (TPSA) is 83.3 Å². The van der Waals surface area contributed by atoms with Gasteiger partial charge in [-0.1, -0.05) is 25.6 Å². The van der Waals surface area contributed by atoms with Gasteiger partial charge in [0.1, 0.15) is 16.8 Å². The minimum absolute atomic E-state index is 0.0774. The van der Waals surface area contributed by atoms with Crippen molar-refractivity contribution in [1.82, 2.24) is 4.98 Å².